The second-order valence-corrected chi connectivity index (χ2v) is 6.87. The van der Waals surface area contributed by atoms with Crippen LogP contribution >= 0.6 is 0 Å². The monoisotopic (exact) mass is 350 g/mol. The normalized spacial score (nSPS) is 16.4. The summed E-state index contributed by atoms with van der Waals surface area (Å²) in [5.41, 5.74) is 1.92. The summed E-state index contributed by atoms with van der Waals surface area (Å²) in [5.74, 6) is 0.745. The summed E-state index contributed by atoms with van der Waals surface area (Å²) < 4.78 is 0. The maximum absolute atomic E-state index is 12.8. The topological polar surface area (TPSA) is 74.3 Å². The largest absolute Gasteiger partial charge is 0.356 e. The zero-order valence-electron chi connectivity index (χ0n) is 14.6. The van der Waals surface area contributed by atoms with Crippen molar-refractivity contribution in [3.05, 3.63) is 48.2 Å². The van der Waals surface area contributed by atoms with Crippen molar-refractivity contribution in [3.8, 4) is 0 Å². The number of anilines is 3. The van der Waals surface area contributed by atoms with E-state index in [1.807, 2.05) is 18.2 Å². The molecule has 2 aliphatic rings. The van der Waals surface area contributed by atoms with Crippen molar-refractivity contribution < 1.29 is 9.59 Å². The van der Waals surface area contributed by atoms with E-state index in [9.17, 15) is 9.59 Å². The molecule has 1 aromatic heterocycles. The Kier molecular flexibility index (Phi) is 4.56. The first-order valence-corrected chi connectivity index (χ1v) is 9.13. The van der Waals surface area contributed by atoms with Crippen LogP contribution in [0.5, 0.6) is 0 Å². The van der Waals surface area contributed by atoms with Gasteiger partial charge in [0.2, 0.25) is 5.91 Å². The van der Waals surface area contributed by atoms with Gasteiger partial charge in [0.25, 0.3) is 5.91 Å². The highest BCUT2D eigenvalue weighted by molar-refractivity contribution is 6.08. The van der Waals surface area contributed by atoms with Crippen LogP contribution < -0.4 is 15.5 Å². The molecule has 0 atom stereocenters. The van der Waals surface area contributed by atoms with Crippen molar-refractivity contribution in [2.45, 2.75) is 25.7 Å². The molecule has 2 heterocycles. The van der Waals surface area contributed by atoms with Crippen molar-refractivity contribution in [1.29, 1.82) is 0 Å². The number of hydrogen-bond donors (Lipinski definition) is 2. The molecule has 1 aliphatic heterocycles. The highest BCUT2D eigenvalue weighted by Gasteiger charge is 2.29. The van der Waals surface area contributed by atoms with Gasteiger partial charge in [-0.3, -0.25) is 9.59 Å². The minimum Gasteiger partial charge on any atom is -0.356 e. The molecule has 0 unspecified atom stereocenters. The first-order valence-electron chi connectivity index (χ1n) is 9.13. The van der Waals surface area contributed by atoms with Gasteiger partial charge in [0.05, 0.1) is 5.56 Å². The van der Waals surface area contributed by atoms with Crippen LogP contribution in [0.3, 0.4) is 0 Å². The van der Waals surface area contributed by atoms with Crippen molar-refractivity contribution >= 4 is 29.0 Å². The Balaban J connectivity index is 1.49. The molecule has 2 aromatic rings. The third-order valence-corrected chi connectivity index (χ3v) is 4.77. The first kappa shape index (κ1) is 16.6. The highest BCUT2D eigenvalue weighted by Crippen LogP contribution is 2.30. The molecule has 26 heavy (non-hydrogen) atoms. The molecule has 2 amide bonds. The van der Waals surface area contributed by atoms with Gasteiger partial charge in [0, 0.05) is 36.6 Å². The number of aromatic nitrogens is 1. The van der Waals surface area contributed by atoms with Crippen molar-refractivity contribution in [2.24, 2.45) is 5.92 Å². The smallest absolute Gasteiger partial charge is 0.259 e. The summed E-state index contributed by atoms with van der Waals surface area (Å²) in [4.78, 5) is 31.3. The third-order valence-electron chi connectivity index (χ3n) is 4.77. The Morgan fingerprint density at radius 2 is 1.73 bits per heavy atom. The summed E-state index contributed by atoms with van der Waals surface area (Å²) in [6, 6.07) is 10.8. The van der Waals surface area contributed by atoms with Crippen LogP contribution in [0, 0.1) is 5.92 Å². The zero-order valence-corrected chi connectivity index (χ0v) is 14.6. The molecule has 2 fully saturated rings. The van der Waals surface area contributed by atoms with Gasteiger partial charge in [-0.05, 0) is 56.0 Å². The summed E-state index contributed by atoms with van der Waals surface area (Å²) in [6.45, 7) is 1.86. The van der Waals surface area contributed by atoms with Gasteiger partial charge < -0.3 is 15.5 Å². The lowest BCUT2D eigenvalue weighted by atomic mass is 10.2. The maximum Gasteiger partial charge on any atom is 0.259 e. The Bertz CT molecular complexity index is 826. The molecule has 6 heteroatoms. The van der Waals surface area contributed by atoms with E-state index in [2.05, 4.69) is 20.5 Å². The second-order valence-electron chi connectivity index (χ2n) is 6.87. The van der Waals surface area contributed by atoms with Crippen molar-refractivity contribution in [1.82, 2.24) is 4.98 Å². The van der Waals surface area contributed by atoms with E-state index in [-0.39, 0.29) is 17.7 Å². The predicted molar refractivity (Wildman–Crippen MR) is 101 cm³/mol. The van der Waals surface area contributed by atoms with E-state index in [1.165, 1.54) is 0 Å². The first-order chi connectivity index (χ1) is 12.7. The number of nitrogens with one attached hydrogen (secondary N) is 2. The van der Waals surface area contributed by atoms with E-state index >= 15 is 0 Å². The fraction of sp³-hybridized carbons (Fsp3) is 0.350. The molecule has 1 saturated carbocycles. The van der Waals surface area contributed by atoms with Gasteiger partial charge in [0.1, 0.15) is 5.82 Å². The van der Waals surface area contributed by atoms with Crippen LogP contribution in [0.15, 0.2) is 42.6 Å². The van der Waals surface area contributed by atoms with E-state index in [0.29, 0.717) is 16.9 Å². The fourth-order valence-electron chi connectivity index (χ4n) is 3.22. The minimum atomic E-state index is -0.189. The van der Waals surface area contributed by atoms with E-state index in [4.69, 9.17) is 0 Å². The van der Waals surface area contributed by atoms with Gasteiger partial charge in [0.15, 0.2) is 0 Å². The highest BCUT2D eigenvalue weighted by atomic mass is 16.2. The Morgan fingerprint density at radius 3 is 2.46 bits per heavy atom. The van der Waals surface area contributed by atoms with E-state index in [0.717, 1.165) is 44.6 Å². The van der Waals surface area contributed by atoms with Crippen LogP contribution in [-0.2, 0) is 4.79 Å². The molecule has 0 radical (unpaired) electrons. The molecule has 2 N–H and O–H groups in total. The number of pyridine rings is 1. The quantitative estimate of drug-likeness (QED) is 0.868. The zero-order chi connectivity index (χ0) is 17.9. The van der Waals surface area contributed by atoms with E-state index < -0.39 is 0 Å². The fourth-order valence-corrected chi connectivity index (χ4v) is 3.22. The van der Waals surface area contributed by atoms with Crippen LogP contribution in [0.1, 0.15) is 36.0 Å². The number of hydrogen-bond acceptors (Lipinski definition) is 4. The Labute approximate surface area is 152 Å². The molecule has 0 bridgehead atoms. The van der Waals surface area contributed by atoms with Crippen LogP contribution in [0.4, 0.5) is 17.2 Å². The van der Waals surface area contributed by atoms with E-state index in [1.54, 1.807) is 24.4 Å². The molecule has 134 valence electrons. The number of amides is 2. The molecule has 6 nitrogen and oxygen atoms in total. The lowest BCUT2D eigenvalue weighted by molar-refractivity contribution is -0.117. The molecular formula is C20H22N4O2. The second kappa shape index (κ2) is 7.15. The summed E-state index contributed by atoms with van der Waals surface area (Å²) in [7, 11) is 0. The molecule has 1 saturated heterocycles. The van der Waals surface area contributed by atoms with Gasteiger partial charge in [-0.15, -0.1) is 0 Å². The van der Waals surface area contributed by atoms with Crippen molar-refractivity contribution in [2.75, 3.05) is 28.6 Å². The molecule has 1 aliphatic carbocycles. The van der Waals surface area contributed by atoms with Crippen LogP contribution in [0.25, 0.3) is 0 Å². The van der Waals surface area contributed by atoms with Crippen molar-refractivity contribution in [3.63, 3.8) is 0 Å². The standard InChI is InChI=1S/C20H22N4O2/c25-19(14-8-9-14)22-15-5-3-6-16(13-15)23-20(26)17-7-4-10-21-18(17)24-11-1-2-12-24/h3-7,10,13-14H,1-2,8-9,11-12H2,(H,22,25)(H,23,26). The summed E-state index contributed by atoms with van der Waals surface area (Å²) in [5, 5.41) is 5.83. The molecular weight excluding hydrogens is 328 g/mol. The average Bonchev–Trinajstić information content (AvgIpc) is 3.37. The van der Waals surface area contributed by atoms with Crippen LogP contribution in [-0.4, -0.2) is 29.9 Å². The lowest BCUT2D eigenvalue weighted by Gasteiger charge is -2.19. The number of carbonyl (C=O) groups is 2. The molecule has 1 aromatic carbocycles. The lowest BCUT2D eigenvalue weighted by Crippen LogP contribution is -2.24. The Morgan fingerprint density at radius 1 is 1.00 bits per heavy atom. The molecule has 4 rings (SSSR count). The average molecular weight is 350 g/mol. The minimum absolute atomic E-state index is 0.0528. The third kappa shape index (κ3) is 3.69. The molecule has 0 spiro atoms. The SMILES string of the molecule is O=C(Nc1cccc(NC(=O)C2CC2)c1)c1cccnc1N1CCCC1. The van der Waals surface area contributed by atoms with Gasteiger partial charge >= 0.3 is 0 Å². The van der Waals surface area contributed by atoms with Gasteiger partial charge in [-0.25, -0.2) is 4.98 Å². The number of nitrogens with zero attached hydrogens (tertiary/aromatic N) is 2. The van der Waals surface area contributed by atoms with Gasteiger partial charge in [-0.1, -0.05) is 6.07 Å². The number of rotatable bonds is 5. The maximum atomic E-state index is 12.8. The van der Waals surface area contributed by atoms with Crippen LogP contribution in [0.2, 0.25) is 0 Å². The summed E-state index contributed by atoms with van der Waals surface area (Å²) >= 11 is 0. The number of benzene rings is 1. The summed E-state index contributed by atoms with van der Waals surface area (Å²) in [6.07, 6.45) is 5.89. The predicted octanol–water partition coefficient (Wildman–Crippen LogP) is 3.28. The number of carbonyl (C=O) groups excluding carboxylic acids is 2. The Hall–Kier alpha value is -2.89. The van der Waals surface area contributed by atoms with Gasteiger partial charge in [-0.2, -0.15) is 0 Å².